The first-order valence-corrected chi connectivity index (χ1v) is 6.72. The normalized spacial score (nSPS) is 11.0. The van der Waals surface area contributed by atoms with Crippen LogP contribution >= 0.6 is 0 Å². The molecule has 19 heavy (non-hydrogen) atoms. The summed E-state index contributed by atoms with van der Waals surface area (Å²) in [4.78, 5) is 0. The predicted molar refractivity (Wildman–Crippen MR) is 77.5 cm³/mol. The van der Waals surface area contributed by atoms with Gasteiger partial charge in [0, 0.05) is 18.2 Å². The second kappa shape index (κ2) is 8.08. The Balaban J connectivity index is 2.51. The molecule has 1 rings (SSSR count). The van der Waals surface area contributed by atoms with Crippen LogP contribution in [-0.4, -0.2) is 12.6 Å². The highest BCUT2D eigenvalue weighted by Gasteiger charge is 2.04. The molecular weight excluding hydrogens is 241 g/mol. The minimum atomic E-state index is -0.205. The summed E-state index contributed by atoms with van der Waals surface area (Å²) in [5.41, 5.74) is 2.77. The molecule has 0 fully saturated rings. The van der Waals surface area contributed by atoms with Gasteiger partial charge < -0.3 is 10.1 Å². The quantitative estimate of drug-likeness (QED) is 0.570. The number of rotatable bonds is 8. The third-order valence-electron chi connectivity index (χ3n) is 2.76. The Labute approximate surface area is 115 Å². The van der Waals surface area contributed by atoms with Gasteiger partial charge in [-0.3, -0.25) is 0 Å². The summed E-state index contributed by atoms with van der Waals surface area (Å²) >= 11 is 0. The zero-order chi connectivity index (χ0) is 14.3. The van der Waals surface area contributed by atoms with Crippen molar-refractivity contribution < 1.29 is 9.13 Å². The molecule has 1 aromatic rings. The average molecular weight is 265 g/mol. The summed E-state index contributed by atoms with van der Waals surface area (Å²) in [5, 5.41) is 3.32. The van der Waals surface area contributed by atoms with Crippen molar-refractivity contribution in [1.82, 2.24) is 5.32 Å². The van der Waals surface area contributed by atoms with E-state index in [9.17, 15) is 4.39 Å². The lowest BCUT2D eigenvalue weighted by molar-refractivity contribution is 0.121. The third kappa shape index (κ3) is 6.50. The van der Waals surface area contributed by atoms with E-state index in [1.807, 2.05) is 19.1 Å². The first-order valence-electron chi connectivity index (χ1n) is 6.72. The highest BCUT2D eigenvalue weighted by molar-refractivity contribution is 5.24. The number of halogens is 1. The molecule has 0 radical (unpaired) electrons. The smallest absolute Gasteiger partial charge is 0.128 e. The van der Waals surface area contributed by atoms with Gasteiger partial charge in [-0.15, -0.1) is 6.58 Å². The highest BCUT2D eigenvalue weighted by Crippen LogP contribution is 2.12. The van der Waals surface area contributed by atoms with Gasteiger partial charge in [0.25, 0.3) is 0 Å². The van der Waals surface area contributed by atoms with Gasteiger partial charge in [0.05, 0.1) is 13.2 Å². The lowest BCUT2D eigenvalue weighted by atomic mass is 10.1. The van der Waals surface area contributed by atoms with Crippen molar-refractivity contribution in [3.05, 3.63) is 47.3 Å². The summed E-state index contributed by atoms with van der Waals surface area (Å²) in [5.74, 6) is -0.205. The standard InChI is InChI=1S/C16H24FNO/c1-12(2)7-8-19-11-15-9-14(5-6-16(15)17)10-18-13(3)4/h5-6,9,13,18H,1,7-8,10-11H2,2-4H3. The highest BCUT2D eigenvalue weighted by atomic mass is 19.1. The van der Waals surface area contributed by atoms with Crippen LogP contribution in [0.4, 0.5) is 4.39 Å². The SMILES string of the molecule is C=C(C)CCOCc1cc(CNC(C)C)ccc1F. The number of benzene rings is 1. The fourth-order valence-corrected chi connectivity index (χ4v) is 1.60. The van der Waals surface area contributed by atoms with Crippen LogP contribution in [0.3, 0.4) is 0 Å². The molecule has 0 saturated carbocycles. The monoisotopic (exact) mass is 265 g/mol. The minimum Gasteiger partial charge on any atom is -0.376 e. The Hall–Kier alpha value is -1.19. The van der Waals surface area contributed by atoms with E-state index >= 15 is 0 Å². The Bertz CT molecular complexity index is 415. The van der Waals surface area contributed by atoms with Crippen molar-refractivity contribution in [2.75, 3.05) is 6.61 Å². The van der Waals surface area contributed by atoms with Gasteiger partial charge in [-0.1, -0.05) is 25.5 Å². The first-order chi connectivity index (χ1) is 8.99. The van der Waals surface area contributed by atoms with Crippen LogP contribution in [-0.2, 0) is 17.9 Å². The van der Waals surface area contributed by atoms with Crippen molar-refractivity contribution in [2.45, 2.75) is 46.4 Å². The maximum atomic E-state index is 13.6. The van der Waals surface area contributed by atoms with Crippen molar-refractivity contribution in [3.63, 3.8) is 0 Å². The minimum absolute atomic E-state index is 0.205. The van der Waals surface area contributed by atoms with Gasteiger partial charge >= 0.3 is 0 Å². The van der Waals surface area contributed by atoms with Gasteiger partial charge in [0.2, 0.25) is 0 Å². The second-order valence-corrected chi connectivity index (χ2v) is 5.22. The number of hydrogen-bond acceptors (Lipinski definition) is 2. The first kappa shape index (κ1) is 15.9. The second-order valence-electron chi connectivity index (χ2n) is 5.22. The molecule has 0 atom stereocenters. The van der Waals surface area contributed by atoms with Crippen LogP contribution in [0.25, 0.3) is 0 Å². The van der Waals surface area contributed by atoms with E-state index in [0.717, 1.165) is 24.1 Å². The van der Waals surface area contributed by atoms with Gasteiger partial charge in [-0.2, -0.15) is 0 Å². The predicted octanol–water partition coefficient (Wildman–Crippen LogP) is 3.81. The summed E-state index contributed by atoms with van der Waals surface area (Å²) in [6.45, 7) is 11.6. The number of hydrogen-bond donors (Lipinski definition) is 1. The fraction of sp³-hybridized carbons (Fsp3) is 0.500. The summed E-state index contributed by atoms with van der Waals surface area (Å²) in [6.07, 6.45) is 0.816. The molecule has 1 N–H and O–H groups in total. The Morgan fingerprint density at radius 3 is 2.79 bits per heavy atom. The molecule has 0 unspecified atom stereocenters. The Morgan fingerprint density at radius 1 is 1.42 bits per heavy atom. The van der Waals surface area contributed by atoms with Crippen LogP contribution in [0.15, 0.2) is 30.4 Å². The topological polar surface area (TPSA) is 21.3 Å². The maximum absolute atomic E-state index is 13.6. The molecule has 0 bridgehead atoms. The van der Waals surface area contributed by atoms with Crippen LogP contribution < -0.4 is 5.32 Å². The number of nitrogens with one attached hydrogen (secondary N) is 1. The molecule has 106 valence electrons. The Morgan fingerprint density at radius 2 is 2.16 bits per heavy atom. The zero-order valence-corrected chi connectivity index (χ0v) is 12.1. The van der Waals surface area contributed by atoms with Crippen molar-refractivity contribution in [2.24, 2.45) is 0 Å². The van der Waals surface area contributed by atoms with Gasteiger partial charge in [-0.05, 0) is 31.0 Å². The average Bonchev–Trinajstić information content (AvgIpc) is 2.34. The Kier molecular flexibility index (Phi) is 6.74. The summed E-state index contributed by atoms with van der Waals surface area (Å²) in [7, 11) is 0. The van der Waals surface area contributed by atoms with Gasteiger partial charge in [-0.25, -0.2) is 4.39 Å². The lowest BCUT2D eigenvalue weighted by Crippen LogP contribution is -2.21. The summed E-state index contributed by atoms with van der Waals surface area (Å²) in [6, 6.07) is 5.60. The largest absolute Gasteiger partial charge is 0.376 e. The van der Waals surface area contributed by atoms with E-state index < -0.39 is 0 Å². The molecule has 0 saturated heterocycles. The zero-order valence-electron chi connectivity index (χ0n) is 12.1. The molecular formula is C16H24FNO. The molecule has 0 aliphatic rings. The molecule has 3 heteroatoms. The van der Waals surface area contributed by atoms with E-state index in [2.05, 4.69) is 25.7 Å². The van der Waals surface area contributed by atoms with Crippen LogP contribution in [0.1, 0.15) is 38.3 Å². The van der Waals surface area contributed by atoms with Crippen LogP contribution in [0.2, 0.25) is 0 Å². The van der Waals surface area contributed by atoms with E-state index in [1.165, 1.54) is 6.07 Å². The summed E-state index contributed by atoms with van der Waals surface area (Å²) < 4.78 is 19.1. The van der Waals surface area contributed by atoms with E-state index in [4.69, 9.17) is 4.74 Å². The van der Waals surface area contributed by atoms with Crippen molar-refractivity contribution in [3.8, 4) is 0 Å². The van der Waals surface area contributed by atoms with Crippen LogP contribution in [0.5, 0.6) is 0 Å². The molecule has 0 aliphatic heterocycles. The molecule has 1 aromatic carbocycles. The third-order valence-corrected chi connectivity index (χ3v) is 2.76. The molecule has 0 amide bonds. The molecule has 0 aliphatic carbocycles. The van der Waals surface area contributed by atoms with Crippen LogP contribution in [0, 0.1) is 5.82 Å². The van der Waals surface area contributed by atoms with E-state index in [-0.39, 0.29) is 5.82 Å². The molecule has 0 aromatic heterocycles. The van der Waals surface area contributed by atoms with Crippen molar-refractivity contribution >= 4 is 0 Å². The van der Waals surface area contributed by atoms with Gasteiger partial charge in [0.1, 0.15) is 5.82 Å². The lowest BCUT2D eigenvalue weighted by Gasteiger charge is -2.11. The fourth-order valence-electron chi connectivity index (χ4n) is 1.60. The number of ether oxygens (including phenoxy) is 1. The van der Waals surface area contributed by atoms with E-state index in [1.54, 1.807) is 0 Å². The maximum Gasteiger partial charge on any atom is 0.128 e. The van der Waals surface area contributed by atoms with Crippen molar-refractivity contribution in [1.29, 1.82) is 0 Å². The molecule has 2 nitrogen and oxygen atoms in total. The van der Waals surface area contributed by atoms with E-state index in [0.29, 0.717) is 24.8 Å². The molecule has 0 spiro atoms. The van der Waals surface area contributed by atoms with Gasteiger partial charge in [0.15, 0.2) is 0 Å². The molecule has 0 heterocycles.